The molecule has 1 amide bonds. The zero-order valence-corrected chi connectivity index (χ0v) is 12.2. The average molecular weight is 291 g/mol. The highest BCUT2D eigenvalue weighted by Crippen LogP contribution is 2.33. The number of nitrogens with two attached hydrogens (primary N) is 1. The minimum absolute atomic E-state index is 0.0139. The fraction of sp³-hybridized carbons (Fsp3) is 0.429. The number of nitrogens with zero attached hydrogens (tertiary/aromatic N) is 2. The number of carbonyl (C=O) groups is 1. The molecule has 0 bridgehead atoms. The van der Waals surface area contributed by atoms with Gasteiger partial charge in [-0.15, -0.1) is 11.3 Å². The normalized spacial score (nSPS) is 16.8. The quantitative estimate of drug-likeness (QED) is 0.920. The second kappa shape index (κ2) is 5.38. The summed E-state index contributed by atoms with van der Waals surface area (Å²) >= 11 is 1.37. The summed E-state index contributed by atoms with van der Waals surface area (Å²) in [7, 11) is 1.72. The van der Waals surface area contributed by atoms with Crippen LogP contribution < -0.4 is 5.73 Å². The topological polar surface area (TPSA) is 68.5 Å². The maximum Gasteiger partial charge on any atom is 0.266 e. The molecule has 1 saturated heterocycles. The highest BCUT2D eigenvalue weighted by atomic mass is 32.1. The summed E-state index contributed by atoms with van der Waals surface area (Å²) in [6.45, 7) is 1.44. The molecule has 0 spiro atoms. The van der Waals surface area contributed by atoms with Gasteiger partial charge >= 0.3 is 0 Å². The monoisotopic (exact) mass is 291 g/mol. The van der Waals surface area contributed by atoms with E-state index in [9.17, 15) is 4.79 Å². The number of nitrogen functional groups attached to an aromatic ring is 1. The predicted molar refractivity (Wildman–Crippen MR) is 80.0 cm³/mol. The molecule has 6 heteroatoms. The summed E-state index contributed by atoms with van der Waals surface area (Å²) in [5.41, 5.74) is 6.65. The molecule has 0 aliphatic carbocycles. The number of aromatic nitrogens is 1. The number of pyridine rings is 1. The van der Waals surface area contributed by atoms with E-state index in [1.54, 1.807) is 13.3 Å². The molecule has 5 nitrogen and oxygen atoms in total. The molecule has 2 aromatic rings. The van der Waals surface area contributed by atoms with Crippen molar-refractivity contribution in [2.75, 3.05) is 25.9 Å². The predicted octanol–water partition coefficient (Wildman–Crippen LogP) is 2.13. The van der Waals surface area contributed by atoms with Crippen molar-refractivity contribution in [2.45, 2.75) is 18.9 Å². The van der Waals surface area contributed by atoms with Crippen LogP contribution in [-0.4, -0.2) is 42.1 Å². The van der Waals surface area contributed by atoms with E-state index < -0.39 is 0 Å². The fourth-order valence-electron chi connectivity index (χ4n) is 2.55. The highest BCUT2D eigenvalue weighted by molar-refractivity contribution is 7.21. The Hall–Kier alpha value is -1.66. The number of anilines is 1. The van der Waals surface area contributed by atoms with Crippen LogP contribution in [0.5, 0.6) is 0 Å². The highest BCUT2D eigenvalue weighted by Gasteiger charge is 2.26. The van der Waals surface area contributed by atoms with Crippen molar-refractivity contribution in [3.05, 3.63) is 23.2 Å². The summed E-state index contributed by atoms with van der Waals surface area (Å²) in [5.74, 6) is 0.0139. The first-order valence-electron chi connectivity index (χ1n) is 6.65. The van der Waals surface area contributed by atoms with Gasteiger partial charge in [0.2, 0.25) is 0 Å². The minimum atomic E-state index is 0.0139. The first-order chi connectivity index (χ1) is 9.70. The Morgan fingerprint density at radius 3 is 2.90 bits per heavy atom. The van der Waals surface area contributed by atoms with Crippen LogP contribution in [0.3, 0.4) is 0 Å². The van der Waals surface area contributed by atoms with Crippen LogP contribution in [0.4, 0.5) is 5.69 Å². The van der Waals surface area contributed by atoms with Gasteiger partial charge in [-0.3, -0.25) is 4.79 Å². The van der Waals surface area contributed by atoms with Crippen molar-refractivity contribution >= 4 is 33.1 Å². The smallest absolute Gasteiger partial charge is 0.266 e. The Labute approximate surface area is 121 Å². The van der Waals surface area contributed by atoms with E-state index in [2.05, 4.69) is 4.98 Å². The number of hydrogen-bond acceptors (Lipinski definition) is 5. The lowest BCUT2D eigenvalue weighted by Crippen LogP contribution is -2.40. The van der Waals surface area contributed by atoms with Crippen molar-refractivity contribution in [3.8, 4) is 0 Å². The molecule has 2 aromatic heterocycles. The zero-order chi connectivity index (χ0) is 14.1. The maximum absolute atomic E-state index is 12.6. The van der Waals surface area contributed by atoms with E-state index >= 15 is 0 Å². The van der Waals surface area contributed by atoms with Crippen LogP contribution in [0.25, 0.3) is 10.2 Å². The number of fused-ring (bicyclic) bond motifs is 1. The van der Waals surface area contributed by atoms with Crippen LogP contribution in [-0.2, 0) is 4.74 Å². The zero-order valence-electron chi connectivity index (χ0n) is 11.3. The Morgan fingerprint density at radius 1 is 1.50 bits per heavy atom. The molecule has 0 saturated carbocycles. The summed E-state index contributed by atoms with van der Waals surface area (Å²) in [5, 5.41) is 0.868. The lowest BCUT2D eigenvalue weighted by atomic mass is 10.1. The number of thiophene rings is 1. The lowest BCUT2D eigenvalue weighted by Gasteiger charge is -2.31. The minimum Gasteiger partial charge on any atom is -0.397 e. The van der Waals surface area contributed by atoms with Gasteiger partial charge in [0.15, 0.2) is 0 Å². The van der Waals surface area contributed by atoms with Gasteiger partial charge in [-0.1, -0.05) is 0 Å². The number of methoxy groups -OCH3 is 1. The number of ether oxygens (including phenoxy) is 1. The maximum atomic E-state index is 12.6. The first-order valence-corrected chi connectivity index (χ1v) is 7.47. The molecule has 3 rings (SSSR count). The molecule has 1 aliphatic rings. The van der Waals surface area contributed by atoms with Gasteiger partial charge in [0, 0.05) is 31.8 Å². The van der Waals surface area contributed by atoms with Gasteiger partial charge in [-0.2, -0.15) is 0 Å². The summed E-state index contributed by atoms with van der Waals surface area (Å²) in [6.07, 6.45) is 3.74. The Bertz CT molecular complexity index is 632. The van der Waals surface area contributed by atoms with Crippen molar-refractivity contribution in [1.29, 1.82) is 0 Å². The van der Waals surface area contributed by atoms with Crippen molar-refractivity contribution in [1.82, 2.24) is 9.88 Å². The number of amides is 1. The number of likely N-dealkylation sites (tertiary alicyclic amines) is 1. The molecule has 2 N–H and O–H groups in total. The molecule has 106 valence electrons. The van der Waals surface area contributed by atoms with Gasteiger partial charge in [0.1, 0.15) is 9.71 Å². The molecule has 1 fully saturated rings. The molecule has 3 heterocycles. The third-order valence-electron chi connectivity index (χ3n) is 3.76. The Kier molecular flexibility index (Phi) is 3.58. The summed E-state index contributed by atoms with van der Waals surface area (Å²) in [6, 6.07) is 3.74. The number of rotatable bonds is 2. The van der Waals surface area contributed by atoms with Gasteiger partial charge in [0.05, 0.1) is 11.8 Å². The third kappa shape index (κ3) is 2.25. The number of carbonyl (C=O) groups excluding carboxylic acids is 1. The van der Waals surface area contributed by atoms with Crippen LogP contribution in [0, 0.1) is 0 Å². The SMILES string of the molecule is COC1CCN(C(=O)c2sc3ncccc3c2N)CC1. The van der Waals surface area contributed by atoms with E-state index in [-0.39, 0.29) is 12.0 Å². The Morgan fingerprint density at radius 2 is 2.25 bits per heavy atom. The van der Waals surface area contributed by atoms with Crippen molar-refractivity contribution in [3.63, 3.8) is 0 Å². The molecule has 20 heavy (non-hydrogen) atoms. The summed E-state index contributed by atoms with van der Waals surface area (Å²) in [4.78, 5) is 20.1. The van der Waals surface area contributed by atoms with Crippen molar-refractivity contribution in [2.24, 2.45) is 0 Å². The fourth-order valence-corrected chi connectivity index (χ4v) is 3.58. The van der Waals surface area contributed by atoms with Crippen molar-refractivity contribution < 1.29 is 9.53 Å². The molecule has 0 aromatic carbocycles. The van der Waals surface area contributed by atoms with E-state index in [4.69, 9.17) is 10.5 Å². The van der Waals surface area contributed by atoms with Crippen LogP contribution in [0.2, 0.25) is 0 Å². The molecule has 1 aliphatic heterocycles. The van der Waals surface area contributed by atoms with Crippen LogP contribution in [0.1, 0.15) is 22.5 Å². The van der Waals surface area contributed by atoms with Gasteiger partial charge in [0.25, 0.3) is 5.91 Å². The molecular formula is C14H17N3O2S. The first kappa shape index (κ1) is 13.3. The molecular weight excluding hydrogens is 274 g/mol. The lowest BCUT2D eigenvalue weighted by molar-refractivity contribution is 0.0354. The molecule has 0 atom stereocenters. The standard InChI is InChI=1S/C14H17N3O2S/c1-19-9-4-7-17(8-5-9)14(18)12-11(15)10-3-2-6-16-13(10)20-12/h2-3,6,9H,4-5,7-8,15H2,1H3. The van der Waals surface area contributed by atoms with Gasteiger partial charge in [-0.25, -0.2) is 4.98 Å². The van der Waals surface area contributed by atoms with Gasteiger partial charge in [-0.05, 0) is 25.0 Å². The average Bonchev–Trinajstić information content (AvgIpc) is 2.84. The van der Waals surface area contributed by atoms with Crippen LogP contribution in [0.15, 0.2) is 18.3 Å². The largest absolute Gasteiger partial charge is 0.397 e. The molecule has 0 radical (unpaired) electrons. The second-order valence-electron chi connectivity index (χ2n) is 4.93. The van der Waals surface area contributed by atoms with Crippen LogP contribution >= 0.6 is 11.3 Å². The third-order valence-corrected chi connectivity index (χ3v) is 4.88. The number of hydrogen-bond donors (Lipinski definition) is 1. The van der Waals surface area contributed by atoms with E-state index in [0.717, 1.165) is 36.1 Å². The van der Waals surface area contributed by atoms with E-state index in [1.165, 1.54) is 11.3 Å². The summed E-state index contributed by atoms with van der Waals surface area (Å²) < 4.78 is 5.33. The van der Waals surface area contributed by atoms with Gasteiger partial charge < -0.3 is 15.4 Å². The molecule has 0 unspecified atom stereocenters. The van der Waals surface area contributed by atoms with E-state index in [0.29, 0.717) is 10.6 Å². The second-order valence-corrected chi connectivity index (χ2v) is 5.93. The number of piperidine rings is 1. The Balaban J connectivity index is 1.84. The van der Waals surface area contributed by atoms with E-state index in [1.807, 2.05) is 17.0 Å².